The summed E-state index contributed by atoms with van der Waals surface area (Å²) in [7, 11) is 0. The second-order valence-corrected chi connectivity index (χ2v) is 13.2. The van der Waals surface area contributed by atoms with Gasteiger partial charge in [-0.05, 0) is 73.8 Å². The molecule has 5 aliphatic rings. The molecule has 1 saturated heterocycles. The lowest BCUT2D eigenvalue weighted by Crippen LogP contribution is -2.40. The number of hydrogen-bond donors (Lipinski definition) is 0. The fraction of sp³-hybridized carbons (Fsp3) is 0.308. The van der Waals surface area contributed by atoms with Crippen LogP contribution in [0.2, 0.25) is 0 Å². The quantitative estimate of drug-likeness (QED) is 0.0925. The van der Waals surface area contributed by atoms with E-state index in [1.807, 2.05) is 50.2 Å². The number of hydrogen-bond acceptors (Lipinski definition) is 6. The van der Waals surface area contributed by atoms with Crippen LogP contribution in [-0.2, 0) is 14.3 Å². The summed E-state index contributed by atoms with van der Waals surface area (Å²) >= 11 is 0. The van der Waals surface area contributed by atoms with Crippen LogP contribution in [0.1, 0.15) is 52.5 Å². The third-order valence-electron chi connectivity index (χ3n) is 10.4. The Morgan fingerprint density at radius 3 is 2.22 bits per heavy atom. The van der Waals surface area contributed by atoms with Crippen LogP contribution in [0.5, 0.6) is 0 Å². The number of benzene rings is 3. The molecule has 4 aliphatic carbocycles. The maximum atomic E-state index is 13.8. The molecule has 9 rings (SSSR count). The van der Waals surface area contributed by atoms with Crippen LogP contribution in [0.4, 0.5) is 5.69 Å². The number of ether oxygens (including phenoxy) is 1. The van der Waals surface area contributed by atoms with Crippen molar-refractivity contribution >= 4 is 40.2 Å². The van der Waals surface area contributed by atoms with Crippen LogP contribution in [0.3, 0.4) is 0 Å². The van der Waals surface area contributed by atoms with E-state index in [-0.39, 0.29) is 41.3 Å². The van der Waals surface area contributed by atoms with E-state index in [1.54, 1.807) is 42.5 Å². The minimum Gasteiger partial charge on any atom is -0.450 e. The molecule has 230 valence electrons. The molecule has 7 nitrogen and oxygen atoms in total. The van der Waals surface area contributed by atoms with Gasteiger partial charge in [0.25, 0.3) is 0 Å². The maximum Gasteiger partial charge on any atom is 0.339 e. The molecular weight excluding hydrogens is 576 g/mol. The number of aryl methyl sites for hydroxylation is 1. The number of aromatic nitrogens is 1. The van der Waals surface area contributed by atoms with Crippen molar-refractivity contribution in [3.63, 3.8) is 0 Å². The molecule has 2 bridgehead atoms. The second kappa shape index (κ2) is 10.9. The molecule has 2 heterocycles. The number of rotatable bonds is 8. The SMILES string of the molecule is CCCC(OC(=O)c1cc(-c2ccc(N3C(=O)C4C5C=CC(C6CC56)C4C3=O)cc2)nc2ccc(C)cc12)C(=O)c1ccccc1. The molecule has 0 radical (unpaired) electrons. The van der Waals surface area contributed by atoms with E-state index in [4.69, 9.17) is 9.72 Å². The number of anilines is 1. The van der Waals surface area contributed by atoms with Crippen molar-refractivity contribution < 1.29 is 23.9 Å². The summed E-state index contributed by atoms with van der Waals surface area (Å²) < 4.78 is 5.92. The van der Waals surface area contributed by atoms with E-state index in [9.17, 15) is 19.2 Å². The van der Waals surface area contributed by atoms with Gasteiger partial charge < -0.3 is 4.74 Å². The first kappa shape index (κ1) is 28.6. The number of esters is 1. The molecule has 3 fully saturated rings. The zero-order valence-electron chi connectivity index (χ0n) is 25.8. The Kier molecular flexibility index (Phi) is 6.74. The van der Waals surface area contributed by atoms with Gasteiger partial charge in [-0.25, -0.2) is 9.78 Å². The van der Waals surface area contributed by atoms with E-state index in [2.05, 4.69) is 12.2 Å². The number of amides is 2. The Balaban J connectivity index is 1.10. The zero-order chi connectivity index (χ0) is 31.7. The van der Waals surface area contributed by atoms with Gasteiger partial charge in [-0.3, -0.25) is 19.3 Å². The van der Waals surface area contributed by atoms with Crippen molar-refractivity contribution in [2.45, 2.75) is 39.2 Å². The van der Waals surface area contributed by atoms with E-state index < -0.39 is 12.1 Å². The number of ketones is 1. The summed E-state index contributed by atoms with van der Waals surface area (Å²) in [5.41, 5.74) is 4.24. The second-order valence-electron chi connectivity index (χ2n) is 13.2. The standard InChI is InChI=1S/C39H34N2O5/c1-3-7-33(36(42)23-8-5-4-6-9-23)46-39(45)30-20-32(40-31-17-10-21(2)18-29(30)31)22-11-13-24(14-12-22)41-37(43)34-25-15-16-26(28-19-27(25)28)35(34)38(41)44/h4-6,8-18,20,25-28,33-35H,3,7,19H2,1-2H3. The molecule has 2 saturated carbocycles. The van der Waals surface area contributed by atoms with Gasteiger partial charge in [-0.15, -0.1) is 0 Å². The van der Waals surface area contributed by atoms with Crippen molar-refractivity contribution in [3.05, 3.63) is 108 Å². The molecule has 1 aromatic heterocycles. The van der Waals surface area contributed by atoms with E-state index >= 15 is 0 Å². The summed E-state index contributed by atoms with van der Waals surface area (Å²) in [4.78, 5) is 60.5. The molecule has 7 heteroatoms. The molecule has 7 unspecified atom stereocenters. The predicted octanol–water partition coefficient (Wildman–Crippen LogP) is 6.98. The van der Waals surface area contributed by atoms with Crippen LogP contribution < -0.4 is 4.90 Å². The monoisotopic (exact) mass is 610 g/mol. The fourth-order valence-corrected chi connectivity index (χ4v) is 8.14. The van der Waals surface area contributed by atoms with Gasteiger partial charge in [0.05, 0.1) is 34.3 Å². The number of allylic oxidation sites excluding steroid dienone is 2. The van der Waals surface area contributed by atoms with Gasteiger partial charge in [0.2, 0.25) is 17.6 Å². The summed E-state index contributed by atoms with van der Waals surface area (Å²) in [6.45, 7) is 3.90. The lowest BCUT2D eigenvalue weighted by Gasteiger charge is -2.37. The lowest BCUT2D eigenvalue weighted by atomic mass is 9.63. The minimum absolute atomic E-state index is 0.0941. The van der Waals surface area contributed by atoms with Crippen LogP contribution in [0.25, 0.3) is 22.2 Å². The summed E-state index contributed by atoms with van der Waals surface area (Å²) in [6, 6.07) is 23.5. The number of pyridine rings is 1. The highest BCUT2D eigenvalue weighted by Crippen LogP contribution is 2.65. The highest BCUT2D eigenvalue weighted by Gasteiger charge is 2.67. The van der Waals surface area contributed by atoms with E-state index in [0.29, 0.717) is 58.1 Å². The van der Waals surface area contributed by atoms with Gasteiger partial charge in [-0.2, -0.15) is 0 Å². The summed E-state index contributed by atoms with van der Waals surface area (Å²) in [5.74, 6) is -0.0741. The normalized spacial score (nSPS) is 26.2. The number of carbonyl (C=O) groups excluding carboxylic acids is 4. The van der Waals surface area contributed by atoms with Crippen molar-refractivity contribution in [3.8, 4) is 11.3 Å². The van der Waals surface area contributed by atoms with E-state index in [0.717, 1.165) is 17.5 Å². The highest BCUT2D eigenvalue weighted by atomic mass is 16.5. The van der Waals surface area contributed by atoms with Crippen LogP contribution in [-0.4, -0.2) is 34.7 Å². The molecule has 0 N–H and O–H groups in total. The number of imide groups is 1. The fourth-order valence-electron chi connectivity index (χ4n) is 8.14. The third kappa shape index (κ3) is 4.51. The van der Waals surface area contributed by atoms with Gasteiger partial charge in [-0.1, -0.05) is 79.6 Å². The predicted molar refractivity (Wildman–Crippen MR) is 174 cm³/mol. The van der Waals surface area contributed by atoms with Crippen LogP contribution in [0.15, 0.2) is 91.0 Å². The Labute approximate surface area is 267 Å². The Morgan fingerprint density at radius 2 is 1.57 bits per heavy atom. The number of carbonyl (C=O) groups is 4. The molecule has 46 heavy (non-hydrogen) atoms. The summed E-state index contributed by atoms with van der Waals surface area (Å²) in [6.07, 6.45) is 5.65. The largest absolute Gasteiger partial charge is 0.450 e. The highest BCUT2D eigenvalue weighted by molar-refractivity contribution is 6.22. The van der Waals surface area contributed by atoms with Gasteiger partial charge in [0.1, 0.15) is 0 Å². The smallest absolute Gasteiger partial charge is 0.339 e. The number of Topliss-reactive ketones (excluding diaryl/α,β-unsaturated/α-hetero) is 1. The first-order valence-electron chi connectivity index (χ1n) is 16.2. The number of fused-ring (bicyclic) bond motifs is 1. The van der Waals surface area contributed by atoms with Crippen molar-refractivity contribution in [1.82, 2.24) is 4.98 Å². The molecule has 1 aliphatic heterocycles. The Bertz CT molecular complexity index is 1910. The molecule has 4 aromatic rings. The van der Waals surface area contributed by atoms with Gasteiger partial charge >= 0.3 is 5.97 Å². The van der Waals surface area contributed by atoms with Crippen molar-refractivity contribution in [2.75, 3.05) is 4.90 Å². The molecule has 3 aromatic carbocycles. The average molecular weight is 611 g/mol. The van der Waals surface area contributed by atoms with Crippen LogP contribution in [0, 0.1) is 42.4 Å². The van der Waals surface area contributed by atoms with E-state index in [1.165, 1.54) is 4.90 Å². The minimum atomic E-state index is -0.911. The first-order valence-corrected chi connectivity index (χ1v) is 16.2. The van der Waals surface area contributed by atoms with Crippen LogP contribution >= 0.6 is 0 Å². The third-order valence-corrected chi connectivity index (χ3v) is 10.4. The van der Waals surface area contributed by atoms with Gasteiger partial charge in [0, 0.05) is 16.5 Å². The Hall–Kier alpha value is -4.91. The molecule has 0 spiro atoms. The average Bonchev–Trinajstić information content (AvgIpc) is 3.86. The van der Waals surface area contributed by atoms with Crippen molar-refractivity contribution in [1.29, 1.82) is 0 Å². The molecule has 7 atom stereocenters. The Morgan fingerprint density at radius 1 is 0.891 bits per heavy atom. The lowest BCUT2D eigenvalue weighted by molar-refractivity contribution is -0.124. The topological polar surface area (TPSA) is 93.6 Å². The van der Waals surface area contributed by atoms with Crippen molar-refractivity contribution in [2.24, 2.45) is 35.5 Å². The first-order chi connectivity index (χ1) is 22.3. The maximum absolute atomic E-state index is 13.8. The van der Waals surface area contributed by atoms with Gasteiger partial charge in [0.15, 0.2) is 6.10 Å². The number of nitrogens with zero attached hydrogens (tertiary/aromatic N) is 2. The summed E-state index contributed by atoms with van der Waals surface area (Å²) in [5, 5.41) is 0.643. The molecule has 2 amide bonds. The zero-order valence-corrected chi connectivity index (χ0v) is 25.8. The molecular formula is C39H34N2O5.